The molecule has 0 fully saturated rings. The Morgan fingerprint density at radius 3 is 2.69 bits per heavy atom. The summed E-state index contributed by atoms with van der Waals surface area (Å²) >= 11 is 1.12. The number of Topliss-reactive ketones (excluding diaryl/α,β-unsaturated/α-hetero) is 1. The number of hydrogen-bond donors (Lipinski definition) is 0. The molecular weight excluding hydrogens is 393 g/mol. The van der Waals surface area contributed by atoms with Crippen molar-refractivity contribution in [2.75, 3.05) is 11.4 Å². The molecule has 29 heavy (non-hydrogen) atoms. The molecule has 0 radical (unpaired) electrons. The molecule has 3 aromatic rings. The second-order valence-corrected chi connectivity index (χ2v) is 8.02. The minimum atomic E-state index is -0.985. The lowest BCUT2D eigenvalue weighted by molar-refractivity contribution is -0.116. The molecule has 5 nitrogen and oxygen atoms in total. The van der Waals surface area contributed by atoms with E-state index in [4.69, 9.17) is 4.74 Å². The van der Waals surface area contributed by atoms with Crippen LogP contribution in [-0.4, -0.2) is 30.3 Å². The first kappa shape index (κ1) is 19.3. The first-order valence-electron chi connectivity index (χ1n) is 9.19. The van der Waals surface area contributed by atoms with Gasteiger partial charge in [-0.15, -0.1) is 11.3 Å². The molecule has 1 amide bonds. The highest BCUT2D eigenvalue weighted by molar-refractivity contribution is 7.20. The zero-order chi connectivity index (χ0) is 20.7. The predicted octanol–water partition coefficient (Wildman–Crippen LogP) is 4.38. The average molecular weight is 411 g/mol. The van der Waals surface area contributed by atoms with Gasteiger partial charge in [0.25, 0.3) is 0 Å². The van der Waals surface area contributed by atoms with E-state index in [0.717, 1.165) is 22.6 Å². The highest BCUT2D eigenvalue weighted by Gasteiger charge is 2.26. The number of nitrogens with zero attached hydrogens (tertiary/aromatic N) is 1. The van der Waals surface area contributed by atoms with Crippen LogP contribution in [0.1, 0.15) is 39.4 Å². The Bertz CT molecular complexity index is 1150. The molecule has 1 unspecified atom stereocenters. The molecule has 2 heterocycles. The SMILES string of the molecule is CC(=O)N1CCc2cc(C(=O)C(C)OC(=O)c3cc4c(F)cccc4s3)ccc21. The fraction of sp³-hybridized carbons (Fsp3) is 0.227. The Morgan fingerprint density at radius 2 is 1.97 bits per heavy atom. The smallest absolute Gasteiger partial charge is 0.349 e. The molecule has 0 saturated carbocycles. The number of hydrogen-bond acceptors (Lipinski definition) is 5. The molecule has 0 aliphatic carbocycles. The van der Waals surface area contributed by atoms with Crippen molar-refractivity contribution in [2.24, 2.45) is 0 Å². The third-order valence-corrected chi connectivity index (χ3v) is 6.08. The van der Waals surface area contributed by atoms with Gasteiger partial charge in [0.05, 0.1) is 0 Å². The second-order valence-electron chi connectivity index (χ2n) is 6.94. The number of thiophene rings is 1. The Labute approximate surface area is 170 Å². The normalized spacial score (nSPS) is 14.0. The molecule has 148 valence electrons. The third kappa shape index (κ3) is 3.53. The van der Waals surface area contributed by atoms with Gasteiger partial charge < -0.3 is 9.64 Å². The number of rotatable bonds is 4. The highest BCUT2D eigenvalue weighted by atomic mass is 32.1. The van der Waals surface area contributed by atoms with Crippen molar-refractivity contribution in [3.63, 3.8) is 0 Å². The van der Waals surface area contributed by atoms with E-state index in [0.29, 0.717) is 28.6 Å². The predicted molar refractivity (Wildman–Crippen MR) is 109 cm³/mol. The fourth-order valence-corrected chi connectivity index (χ4v) is 4.47. The molecule has 0 spiro atoms. The number of ketones is 1. The van der Waals surface area contributed by atoms with Gasteiger partial charge in [0.1, 0.15) is 10.7 Å². The van der Waals surface area contributed by atoms with Crippen molar-refractivity contribution in [1.82, 2.24) is 0 Å². The lowest BCUT2D eigenvalue weighted by Gasteiger charge is -2.15. The van der Waals surface area contributed by atoms with E-state index < -0.39 is 17.9 Å². The standard InChI is InChI=1S/C22H18FNO4S/c1-12(28-22(27)20-11-16-17(23)4-3-5-19(16)29-20)21(26)15-6-7-18-14(10-15)8-9-24(18)13(2)25/h3-7,10-12H,8-9H2,1-2H3. The average Bonchev–Trinajstić information content (AvgIpc) is 3.31. The number of halogens is 1. The van der Waals surface area contributed by atoms with Crippen molar-refractivity contribution in [3.05, 3.63) is 64.3 Å². The van der Waals surface area contributed by atoms with Gasteiger partial charge in [-0.05, 0) is 55.3 Å². The van der Waals surface area contributed by atoms with Crippen LogP contribution >= 0.6 is 11.3 Å². The van der Waals surface area contributed by atoms with E-state index in [1.165, 1.54) is 26.0 Å². The van der Waals surface area contributed by atoms with E-state index in [-0.39, 0.29) is 16.6 Å². The minimum absolute atomic E-state index is 0.0371. The lowest BCUT2D eigenvalue weighted by Crippen LogP contribution is -2.26. The molecule has 4 rings (SSSR count). The molecule has 7 heteroatoms. The van der Waals surface area contributed by atoms with Gasteiger partial charge in [-0.25, -0.2) is 9.18 Å². The van der Waals surface area contributed by atoms with Crippen molar-refractivity contribution in [3.8, 4) is 0 Å². The molecule has 0 saturated heterocycles. The van der Waals surface area contributed by atoms with Crippen LogP contribution in [0, 0.1) is 5.82 Å². The monoisotopic (exact) mass is 411 g/mol. The van der Waals surface area contributed by atoms with E-state index in [1.54, 1.807) is 35.2 Å². The lowest BCUT2D eigenvalue weighted by atomic mass is 10.0. The molecule has 2 aromatic carbocycles. The number of fused-ring (bicyclic) bond motifs is 2. The van der Waals surface area contributed by atoms with Crippen LogP contribution in [0.5, 0.6) is 0 Å². The summed E-state index contributed by atoms with van der Waals surface area (Å²) in [5, 5.41) is 0.358. The summed E-state index contributed by atoms with van der Waals surface area (Å²) in [5.74, 6) is -1.42. The van der Waals surface area contributed by atoms with Crippen LogP contribution in [0.25, 0.3) is 10.1 Å². The van der Waals surface area contributed by atoms with Gasteiger partial charge in [-0.2, -0.15) is 0 Å². The maximum absolute atomic E-state index is 13.8. The van der Waals surface area contributed by atoms with Crippen LogP contribution in [-0.2, 0) is 16.0 Å². The quantitative estimate of drug-likeness (QED) is 0.472. The number of benzene rings is 2. The third-order valence-electron chi connectivity index (χ3n) is 5.00. The maximum Gasteiger partial charge on any atom is 0.349 e. The summed E-state index contributed by atoms with van der Waals surface area (Å²) in [5.41, 5.74) is 2.16. The first-order chi connectivity index (χ1) is 13.8. The van der Waals surface area contributed by atoms with E-state index in [2.05, 4.69) is 0 Å². The number of anilines is 1. The fourth-order valence-electron chi connectivity index (χ4n) is 3.51. The topological polar surface area (TPSA) is 63.7 Å². The Balaban J connectivity index is 1.50. The summed E-state index contributed by atoms with van der Waals surface area (Å²) < 4.78 is 19.8. The Hall–Kier alpha value is -3.06. The molecule has 1 aliphatic heterocycles. The molecule has 0 N–H and O–H groups in total. The molecular formula is C22H18FNO4S. The highest BCUT2D eigenvalue weighted by Crippen LogP contribution is 2.30. The molecule has 1 aromatic heterocycles. The van der Waals surface area contributed by atoms with Crippen LogP contribution in [0.2, 0.25) is 0 Å². The van der Waals surface area contributed by atoms with Gasteiger partial charge in [0, 0.05) is 34.8 Å². The van der Waals surface area contributed by atoms with E-state index >= 15 is 0 Å². The van der Waals surface area contributed by atoms with Crippen LogP contribution in [0.15, 0.2) is 42.5 Å². The second kappa shape index (κ2) is 7.40. The van der Waals surface area contributed by atoms with E-state index in [1.807, 2.05) is 0 Å². The van der Waals surface area contributed by atoms with Gasteiger partial charge >= 0.3 is 5.97 Å². The maximum atomic E-state index is 13.8. The van der Waals surface area contributed by atoms with Crippen molar-refractivity contribution in [2.45, 2.75) is 26.4 Å². The number of ether oxygens (including phenoxy) is 1. The zero-order valence-electron chi connectivity index (χ0n) is 15.9. The Kier molecular flexibility index (Phi) is 4.92. The summed E-state index contributed by atoms with van der Waals surface area (Å²) in [4.78, 5) is 38.8. The zero-order valence-corrected chi connectivity index (χ0v) is 16.7. The van der Waals surface area contributed by atoms with Crippen LogP contribution < -0.4 is 4.90 Å². The molecule has 1 aliphatic rings. The van der Waals surface area contributed by atoms with Crippen LogP contribution in [0.3, 0.4) is 0 Å². The summed E-state index contributed by atoms with van der Waals surface area (Å²) in [6.45, 7) is 3.62. The van der Waals surface area contributed by atoms with Crippen LogP contribution in [0.4, 0.5) is 10.1 Å². The summed E-state index contributed by atoms with van der Waals surface area (Å²) in [6.07, 6.45) is -0.307. The van der Waals surface area contributed by atoms with E-state index in [9.17, 15) is 18.8 Å². The number of esters is 1. The van der Waals surface area contributed by atoms with Crippen molar-refractivity contribution in [1.29, 1.82) is 0 Å². The first-order valence-corrected chi connectivity index (χ1v) is 10.0. The molecule has 0 bridgehead atoms. The largest absolute Gasteiger partial charge is 0.450 e. The van der Waals surface area contributed by atoms with Crippen molar-refractivity contribution < 1.29 is 23.5 Å². The summed E-state index contributed by atoms with van der Waals surface area (Å²) in [6, 6.07) is 11.2. The van der Waals surface area contributed by atoms with Gasteiger partial charge in [-0.1, -0.05) is 6.07 Å². The van der Waals surface area contributed by atoms with Gasteiger partial charge in [-0.3, -0.25) is 9.59 Å². The van der Waals surface area contributed by atoms with Crippen molar-refractivity contribution >= 4 is 44.8 Å². The van der Waals surface area contributed by atoms with Gasteiger partial charge in [0.15, 0.2) is 6.10 Å². The van der Waals surface area contributed by atoms with Gasteiger partial charge in [0.2, 0.25) is 11.7 Å². The summed E-state index contributed by atoms with van der Waals surface area (Å²) in [7, 11) is 0. The minimum Gasteiger partial charge on any atom is -0.450 e. The Morgan fingerprint density at radius 1 is 1.17 bits per heavy atom. The number of carbonyl (C=O) groups excluding carboxylic acids is 3. The molecule has 1 atom stereocenters. The number of carbonyl (C=O) groups is 3. The number of amides is 1.